The standard InChI is InChI=1S/C46H90NO7P/c1-6-8-10-12-14-16-18-20-22-24-25-27-29-31-33-35-37-39-46(48)54-45(44-53-55(49,50)52-42-40-47(3,4)5)43-51-41-38-36-34-32-30-28-26-23-21-19-17-15-13-11-9-7-2/h21,23,38,41,45H,6-20,22,24-37,39-40,42-44H2,1-5H3/b23-21-,41-38-. The summed E-state index contributed by atoms with van der Waals surface area (Å²) in [5.41, 5.74) is 0. The summed E-state index contributed by atoms with van der Waals surface area (Å²) in [6, 6.07) is 0. The Morgan fingerprint density at radius 3 is 1.40 bits per heavy atom. The van der Waals surface area contributed by atoms with Gasteiger partial charge in [-0.25, -0.2) is 0 Å². The molecule has 2 unspecified atom stereocenters. The SMILES string of the molecule is CCCCCCCC/C=C\CCCCCC/C=C\OCC(COP(=O)([O-])OCC[N+](C)(C)C)OC(=O)CCCCCCCCCCCCCCCCCCC. The highest BCUT2D eigenvalue weighted by molar-refractivity contribution is 7.45. The maximum Gasteiger partial charge on any atom is 0.306 e. The minimum atomic E-state index is -4.54. The number of ether oxygens (including phenoxy) is 2. The molecule has 0 aliphatic rings. The Kier molecular flexibility index (Phi) is 38.8. The zero-order chi connectivity index (χ0) is 40.6. The normalized spacial score (nSPS) is 13.9. The second-order valence-electron chi connectivity index (χ2n) is 16.8. The lowest BCUT2D eigenvalue weighted by molar-refractivity contribution is -0.870. The van der Waals surface area contributed by atoms with Crippen molar-refractivity contribution in [1.29, 1.82) is 0 Å². The Labute approximate surface area is 341 Å². The lowest BCUT2D eigenvalue weighted by Crippen LogP contribution is -2.37. The van der Waals surface area contributed by atoms with Crippen LogP contribution in [0.1, 0.15) is 213 Å². The van der Waals surface area contributed by atoms with Gasteiger partial charge in [0.05, 0.1) is 34.0 Å². The fourth-order valence-corrected chi connectivity index (χ4v) is 7.18. The van der Waals surface area contributed by atoms with Crippen LogP contribution >= 0.6 is 7.82 Å². The van der Waals surface area contributed by atoms with Crippen molar-refractivity contribution < 1.29 is 37.3 Å². The molecule has 0 bridgehead atoms. The number of carbonyl (C=O) groups is 1. The molecule has 0 aliphatic heterocycles. The number of hydrogen-bond donors (Lipinski definition) is 0. The van der Waals surface area contributed by atoms with Crippen LogP contribution in [0, 0.1) is 0 Å². The average Bonchev–Trinajstić information content (AvgIpc) is 3.13. The largest absolute Gasteiger partial charge is 0.756 e. The van der Waals surface area contributed by atoms with Crippen LogP contribution in [0.2, 0.25) is 0 Å². The number of hydrogen-bond acceptors (Lipinski definition) is 7. The van der Waals surface area contributed by atoms with Crippen LogP contribution in [0.4, 0.5) is 0 Å². The second kappa shape index (κ2) is 39.6. The van der Waals surface area contributed by atoms with Crippen LogP contribution in [0.5, 0.6) is 0 Å². The van der Waals surface area contributed by atoms with Crippen molar-refractivity contribution >= 4 is 13.8 Å². The van der Waals surface area contributed by atoms with Gasteiger partial charge >= 0.3 is 5.97 Å². The van der Waals surface area contributed by atoms with E-state index in [1.54, 1.807) is 6.26 Å². The number of phosphoric acid groups is 1. The van der Waals surface area contributed by atoms with E-state index in [2.05, 4.69) is 26.0 Å². The average molecular weight is 800 g/mol. The molecule has 0 aromatic carbocycles. The van der Waals surface area contributed by atoms with Crippen LogP contribution in [0.3, 0.4) is 0 Å². The smallest absolute Gasteiger partial charge is 0.306 e. The molecule has 0 aromatic heterocycles. The van der Waals surface area contributed by atoms with Crippen molar-refractivity contribution in [3.05, 3.63) is 24.5 Å². The minimum Gasteiger partial charge on any atom is -0.756 e. The summed E-state index contributed by atoms with van der Waals surface area (Å²) in [5.74, 6) is -0.355. The maximum absolute atomic E-state index is 12.7. The van der Waals surface area contributed by atoms with E-state index >= 15 is 0 Å². The van der Waals surface area contributed by atoms with Gasteiger partial charge in [0.1, 0.15) is 19.8 Å². The fraction of sp³-hybridized carbons (Fsp3) is 0.891. The number of phosphoric ester groups is 1. The lowest BCUT2D eigenvalue weighted by Gasteiger charge is -2.28. The molecule has 326 valence electrons. The molecule has 0 heterocycles. The predicted octanol–water partition coefficient (Wildman–Crippen LogP) is 13.3. The van der Waals surface area contributed by atoms with Crippen LogP contribution < -0.4 is 4.89 Å². The van der Waals surface area contributed by atoms with Gasteiger partial charge in [-0.2, -0.15) is 0 Å². The van der Waals surface area contributed by atoms with Gasteiger partial charge in [-0.3, -0.25) is 9.36 Å². The topological polar surface area (TPSA) is 94.1 Å². The Morgan fingerprint density at radius 2 is 0.964 bits per heavy atom. The van der Waals surface area contributed by atoms with E-state index in [9.17, 15) is 14.3 Å². The van der Waals surface area contributed by atoms with E-state index in [1.165, 1.54) is 154 Å². The van der Waals surface area contributed by atoms with E-state index in [0.717, 1.165) is 38.5 Å². The Hall–Kier alpha value is -1.18. The second-order valence-corrected chi connectivity index (χ2v) is 18.2. The van der Waals surface area contributed by atoms with E-state index < -0.39 is 13.9 Å². The van der Waals surface area contributed by atoms with Crippen molar-refractivity contribution in [1.82, 2.24) is 0 Å². The zero-order valence-electron chi connectivity index (χ0n) is 36.9. The Balaban J connectivity index is 4.25. The molecule has 0 radical (unpaired) electrons. The van der Waals surface area contributed by atoms with Crippen molar-refractivity contribution in [3.63, 3.8) is 0 Å². The number of quaternary nitrogens is 1. The first-order valence-electron chi connectivity index (χ1n) is 23.1. The van der Waals surface area contributed by atoms with Gasteiger partial charge in [-0.05, 0) is 51.0 Å². The number of likely N-dealkylation sites (N-methyl/N-ethyl adjacent to an activating group) is 1. The first kappa shape index (κ1) is 53.8. The molecule has 0 saturated carbocycles. The summed E-state index contributed by atoms with van der Waals surface area (Å²) in [4.78, 5) is 25.0. The van der Waals surface area contributed by atoms with Gasteiger partial charge in [0.15, 0.2) is 6.10 Å². The van der Waals surface area contributed by atoms with Crippen molar-refractivity contribution in [2.45, 2.75) is 219 Å². The third-order valence-corrected chi connectivity index (χ3v) is 11.0. The highest BCUT2D eigenvalue weighted by atomic mass is 31.2. The summed E-state index contributed by atoms with van der Waals surface area (Å²) in [6.45, 7) is 4.75. The number of rotatable bonds is 43. The van der Waals surface area contributed by atoms with E-state index in [-0.39, 0.29) is 25.8 Å². The number of unbranched alkanes of at least 4 members (excludes halogenated alkanes) is 27. The summed E-state index contributed by atoms with van der Waals surface area (Å²) in [5, 5.41) is 0. The van der Waals surface area contributed by atoms with Crippen molar-refractivity contribution in [3.8, 4) is 0 Å². The highest BCUT2D eigenvalue weighted by Gasteiger charge is 2.20. The summed E-state index contributed by atoms with van der Waals surface area (Å²) in [6.07, 6.45) is 45.7. The maximum atomic E-state index is 12.7. The zero-order valence-corrected chi connectivity index (χ0v) is 37.8. The fourth-order valence-electron chi connectivity index (χ4n) is 6.45. The molecule has 0 fully saturated rings. The molecule has 0 rings (SSSR count). The van der Waals surface area contributed by atoms with E-state index in [0.29, 0.717) is 17.4 Å². The first-order valence-corrected chi connectivity index (χ1v) is 24.6. The molecule has 0 saturated heterocycles. The molecular formula is C46H90NO7P. The predicted molar refractivity (Wildman–Crippen MR) is 231 cm³/mol. The number of esters is 1. The number of allylic oxidation sites excluding steroid dienone is 3. The number of carbonyl (C=O) groups excluding carboxylic acids is 1. The molecule has 0 spiro atoms. The molecule has 55 heavy (non-hydrogen) atoms. The van der Waals surface area contributed by atoms with Gasteiger partial charge in [-0.1, -0.05) is 174 Å². The summed E-state index contributed by atoms with van der Waals surface area (Å²) < 4.78 is 34.4. The Morgan fingerprint density at radius 1 is 0.564 bits per heavy atom. The highest BCUT2D eigenvalue weighted by Crippen LogP contribution is 2.38. The molecule has 8 nitrogen and oxygen atoms in total. The Bertz CT molecular complexity index is 936. The van der Waals surface area contributed by atoms with Gasteiger partial charge in [0.2, 0.25) is 0 Å². The third kappa shape index (κ3) is 43.8. The van der Waals surface area contributed by atoms with Gasteiger partial charge in [0, 0.05) is 6.42 Å². The minimum absolute atomic E-state index is 0.0171. The van der Waals surface area contributed by atoms with Gasteiger partial charge in [0.25, 0.3) is 7.82 Å². The van der Waals surface area contributed by atoms with Crippen LogP contribution in [0.25, 0.3) is 0 Å². The molecule has 9 heteroatoms. The van der Waals surface area contributed by atoms with Crippen LogP contribution in [0.15, 0.2) is 24.5 Å². The van der Waals surface area contributed by atoms with E-state index in [4.69, 9.17) is 18.5 Å². The third-order valence-electron chi connectivity index (χ3n) is 10.1. The molecule has 0 aliphatic carbocycles. The molecule has 0 N–H and O–H groups in total. The quantitative estimate of drug-likeness (QED) is 0.0151. The monoisotopic (exact) mass is 800 g/mol. The van der Waals surface area contributed by atoms with Crippen molar-refractivity contribution in [2.75, 3.05) is 47.5 Å². The summed E-state index contributed by atoms with van der Waals surface area (Å²) >= 11 is 0. The first-order chi connectivity index (χ1) is 26.6. The van der Waals surface area contributed by atoms with Gasteiger partial charge in [-0.15, -0.1) is 0 Å². The molecule has 0 amide bonds. The van der Waals surface area contributed by atoms with Crippen molar-refractivity contribution in [2.24, 2.45) is 0 Å². The number of nitrogens with zero attached hydrogens (tertiary/aromatic N) is 1. The molecular weight excluding hydrogens is 709 g/mol. The van der Waals surface area contributed by atoms with Crippen LogP contribution in [-0.4, -0.2) is 64.1 Å². The lowest BCUT2D eigenvalue weighted by atomic mass is 10.0. The molecule has 2 atom stereocenters. The van der Waals surface area contributed by atoms with E-state index in [1.807, 2.05) is 27.2 Å². The molecule has 0 aromatic rings. The van der Waals surface area contributed by atoms with Gasteiger partial charge < -0.3 is 27.9 Å². The van der Waals surface area contributed by atoms with Crippen LogP contribution in [-0.2, 0) is 27.9 Å². The summed E-state index contributed by atoms with van der Waals surface area (Å²) in [7, 11) is 1.33.